The van der Waals surface area contributed by atoms with Crippen LogP contribution in [-0.2, 0) is 19.7 Å². The molecule has 0 bridgehead atoms. The first kappa shape index (κ1) is 8.99. The molecule has 1 heterocycles. The highest BCUT2D eigenvalue weighted by Gasteiger charge is 2.38. The second kappa shape index (κ2) is 2.45. The molecule has 0 amide bonds. The number of hydrogen-bond acceptors (Lipinski definition) is 4. The second-order valence-electron chi connectivity index (χ2n) is 2.77. The van der Waals surface area contributed by atoms with E-state index in [2.05, 4.69) is 0 Å². The topological polar surface area (TPSA) is 68.3 Å². The van der Waals surface area contributed by atoms with Gasteiger partial charge in [0.2, 0.25) is 0 Å². The van der Waals surface area contributed by atoms with Gasteiger partial charge in [0, 0.05) is 6.26 Å². The predicted molar refractivity (Wildman–Crippen MR) is 41.7 cm³/mol. The first-order valence-electron chi connectivity index (χ1n) is 3.24. The van der Waals surface area contributed by atoms with Crippen molar-refractivity contribution in [3.8, 4) is 0 Å². The smallest absolute Gasteiger partial charge is 0.167 e. The third-order valence-corrected chi connectivity index (χ3v) is 6.76. The largest absolute Gasteiger partial charge is 0.228 e. The molecule has 1 aliphatic heterocycles. The van der Waals surface area contributed by atoms with E-state index in [1.54, 1.807) is 0 Å². The monoisotopic (exact) mass is 198 g/mol. The van der Waals surface area contributed by atoms with E-state index in [0.29, 0.717) is 6.42 Å². The molecule has 0 aliphatic carbocycles. The zero-order chi connectivity index (χ0) is 8.70. The van der Waals surface area contributed by atoms with E-state index >= 15 is 0 Å². The summed E-state index contributed by atoms with van der Waals surface area (Å²) in [6.45, 7) is 0. The van der Waals surface area contributed by atoms with Crippen LogP contribution in [0.2, 0.25) is 0 Å². The maximum atomic E-state index is 11.0. The Kier molecular flexibility index (Phi) is 2.00. The third kappa shape index (κ3) is 1.73. The molecule has 66 valence electrons. The maximum absolute atomic E-state index is 11.0. The van der Waals surface area contributed by atoms with Crippen LogP contribution in [0.15, 0.2) is 0 Å². The molecule has 0 radical (unpaired) electrons. The molecule has 11 heavy (non-hydrogen) atoms. The minimum absolute atomic E-state index is 0.0186. The second-order valence-corrected chi connectivity index (χ2v) is 7.60. The van der Waals surface area contributed by atoms with E-state index in [1.165, 1.54) is 0 Å². The van der Waals surface area contributed by atoms with E-state index < -0.39 is 24.3 Å². The van der Waals surface area contributed by atoms with Crippen LogP contribution in [0.3, 0.4) is 0 Å². The van der Waals surface area contributed by atoms with Gasteiger partial charge in [0.05, 0.1) is 5.75 Å². The summed E-state index contributed by atoms with van der Waals surface area (Å²) in [6.07, 6.45) is 1.71. The number of hydrogen-bond donors (Lipinski definition) is 0. The van der Waals surface area contributed by atoms with Gasteiger partial charge in [-0.1, -0.05) is 0 Å². The summed E-state index contributed by atoms with van der Waals surface area (Å²) in [4.78, 5) is 0. The molecular weight excluding hydrogens is 188 g/mol. The average Bonchev–Trinajstić information content (AvgIpc) is 2.06. The zero-order valence-electron chi connectivity index (χ0n) is 6.15. The van der Waals surface area contributed by atoms with Crippen LogP contribution < -0.4 is 0 Å². The molecule has 0 N–H and O–H groups in total. The Morgan fingerprint density at radius 1 is 1.36 bits per heavy atom. The fourth-order valence-corrected chi connectivity index (χ4v) is 5.61. The quantitative estimate of drug-likeness (QED) is 0.573. The van der Waals surface area contributed by atoms with Crippen molar-refractivity contribution in [2.75, 3.05) is 12.0 Å². The number of sulfone groups is 2. The van der Waals surface area contributed by atoms with E-state index in [9.17, 15) is 16.8 Å². The van der Waals surface area contributed by atoms with E-state index in [4.69, 9.17) is 0 Å². The lowest BCUT2D eigenvalue weighted by molar-refractivity contribution is 0.583. The van der Waals surface area contributed by atoms with Crippen LogP contribution in [0.1, 0.15) is 12.8 Å². The normalized spacial score (nSPS) is 30.5. The van der Waals surface area contributed by atoms with Crippen molar-refractivity contribution < 1.29 is 16.8 Å². The van der Waals surface area contributed by atoms with E-state index in [1.807, 2.05) is 0 Å². The van der Waals surface area contributed by atoms with Gasteiger partial charge in [-0.05, 0) is 12.8 Å². The SMILES string of the molecule is CS(=O)(=O)C1CCCS1(=O)=O. The fourth-order valence-electron chi connectivity index (χ4n) is 1.24. The molecule has 0 saturated carbocycles. The molecular formula is C5H10O4S2. The maximum Gasteiger partial charge on any atom is 0.167 e. The van der Waals surface area contributed by atoms with Crippen molar-refractivity contribution in [2.45, 2.75) is 17.4 Å². The van der Waals surface area contributed by atoms with Gasteiger partial charge >= 0.3 is 0 Å². The minimum Gasteiger partial charge on any atom is -0.228 e. The molecule has 1 saturated heterocycles. The van der Waals surface area contributed by atoms with Gasteiger partial charge in [0.15, 0.2) is 24.3 Å². The van der Waals surface area contributed by atoms with Crippen LogP contribution in [0.4, 0.5) is 0 Å². The molecule has 4 nitrogen and oxygen atoms in total. The lowest BCUT2D eigenvalue weighted by atomic mass is 10.4. The van der Waals surface area contributed by atoms with Crippen LogP contribution in [-0.4, -0.2) is 33.4 Å². The first-order chi connectivity index (χ1) is 4.84. The average molecular weight is 198 g/mol. The highest BCUT2D eigenvalue weighted by Crippen LogP contribution is 2.23. The van der Waals surface area contributed by atoms with Gasteiger partial charge in [-0.15, -0.1) is 0 Å². The zero-order valence-corrected chi connectivity index (χ0v) is 7.78. The van der Waals surface area contributed by atoms with Gasteiger partial charge in [-0.25, -0.2) is 16.8 Å². The van der Waals surface area contributed by atoms with Gasteiger partial charge < -0.3 is 0 Å². The van der Waals surface area contributed by atoms with Crippen molar-refractivity contribution in [3.63, 3.8) is 0 Å². The molecule has 6 heteroatoms. The summed E-state index contributed by atoms with van der Waals surface area (Å²) < 4.78 is 42.7. The summed E-state index contributed by atoms with van der Waals surface area (Å²) in [5, 5.41) is 0. The van der Waals surface area contributed by atoms with Gasteiger partial charge in [0.1, 0.15) is 0 Å². The minimum atomic E-state index is -3.40. The highest BCUT2D eigenvalue weighted by atomic mass is 32.3. The fraction of sp³-hybridized carbons (Fsp3) is 1.00. The summed E-state index contributed by atoms with van der Waals surface area (Å²) in [5.41, 5.74) is 0. The first-order valence-corrected chi connectivity index (χ1v) is 6.91. The van der Waals surface area contributed by atoms with Gasteiger partial charge in [0.25, 0.3) is 0 Å². The molecule has 0 aromatic rings. The van der Waals surface area contributed by atoms with Gasteiger partial charge in [-0.3, -0.25) is 0 Å². The molecule has 0 spiro atoms. The van der Waals surface area contributed by atoms with Crippen LogP contribution in [0.5, 0.6) is 0 Å². The Bertz CT molecular complexity index is 337. The van der Waals surface area contributed by atoms with Crippen LogP contribution >= 0.6 is 0 Å². The molecule has 1 aliphatic rings. The van der Waals surface area contributed by atoms with E-state index in [-0.39, 0.29) is 12.2 Å². The Balaban J connectivity index is 3.11. The number of rotatable bonds is 1. The molecule has 1 atom stereocenters. The Morgan fingerprint density at radius 2 is 1.91 bits per heavy atom. The molecule has 1 unspecified atom stereocenters. The van der Waals surface area contributed by atoms with Crippen molar-refractivity contribution >= 4 is 19.7 Å². The Morgan fingerprint density at radius 3 is 2.09 bits per heavy atom. The van der Waals surface area contributed by atoms with Crippen LogP contribution in [0, 0.1) is 0 Å². The molecule has 0 aromatic carbocycles. The van der Waals surface area contributed by atoms with Crippen molar-refractivity contribution in [1.29, 1.82) is 0 Å². The van der Waals surface area contributed by atoms with Crippen LogP contribution in [0.25, 0.3) is 0 Å². The standard InChI is InChI=1S/C5H10O4S2/c1-10(6,7)5-3-2-4-11(5,8)9/h5H,2-4H2,1H3. The van der Waals surface area contributed by atoms with Gasteiger partial charge in [-0.2, -0.15) is 0 Å². The molecule has 1 fully saturated rings. The lowest BCUT2D eigenvalue weighted by Crippen LogP contribution is -2.25. The summed E-state index contributed by atoms with van der Waals surface area (Å²) in [6, 6.07) is 0. The highest BCUT2D eigenvalue weighted by molar-refractivity contribution is 8.08. The van der Waals surface area contributed by atoms with Crippen molar-refractivity contribution in [1.82, 2.24) is 0 Å². The molecule has 1 rings (SSSR count). The van der Waals surface area contributed by atoms with Crippen molar-refractivity contribution in [2.24, 2.45) is 0 Å². The van der Waals surface area contributed by atoms with E-state index in [0.717, 1.165) is 6.26 Å². The van der Waals surface area contributed by atoms with Crippen molar-refractivity contribution in [3.05, 3.63) is 0 Å². The Labute approximate surface area is 66.4 Å². The summed E-state index contributed by atoms with van der Waals surface area (Å²) in [5.74, 6) is 0.0186. The lowest BCUT2D eigenvalue weighted by Gasteiger charge is -2.04. The predicted octanol–water partition coefficient (Wildman–Crippen LogP) is -0.434. The Hall–Kier alpha value is -0.100. The summed E-state index contributed by atoms with van der Waals surface area (Å²) >= 11 is 0. The molecule has 0 aromatic heterocycles. The summed E-state index contributed by atoms with van der Waals surface area (Å²) in [7, 11) is -6.73. The third-order valence-electron chi connectivity index (χ3n) is 1.75.